The molecule has 1 aliphatic carbocycles. The van der Waals surface area contributed by atoms with Crippen LogP contribution in [0, 0.1) is 0 Å². The highest BCUT2D eigenvalue weighted by molar-refractivity contribution is 5.95. The van der Waals surface area contributed by atoms with E-state index in [9.17, 15) is 4.79 Å². The smallest absolute Gasteiger partial charge is 0.251 e. The van der Waals surface area contributed by atoms with Crippen LogP contribution in [0.1, 0.15) is 42.5 Å². The molecule has 0 spiro atoms. The first kappa shape index (κ1) is 16.9. The van der Waals surface area contributed by atoms with Crippen molar-refractivity contribution in [2.45, 2.75) is 37.6 Å². The van der Waals surface area contributed by atoms with Crippen molar-refractivity contribution in [1.82, 2.24) is 5.32 Å². The number of carbonyl (C=O) groups excluding carboxylic acids is 1. The molecule has 1 amide bonds. The molecule has 3 rings (SSSR count). The lowest BCUT2D eigenvalue weighted by Gasteiger charge is -2.33. The van der Waals surface area contributed by atoms with Gasteiger partial charge in [-0.1, -0.05) is 19.3 Å². The van der Waals surface area contributed by atoms with Gasteiger partial charge in [-0.25, -0.2) is 0 Å². The SMILES string of the molecule is Cl.NC1(CNC(=O)c2ccc3c(c2)OCCO3)CCCCC1. The Balaban J connectivity index is 0.00000176. The van der Waals surface area contributed by atoms with Crippen LogP contribution in [-0.4, -0.2) is 31.2 Å². The van der Waals surface area contributed by atoms with Crippen LogP contribution in [0.2, 0.25) is 0 Å². The van der Waals surface area contributed by atoms with Crippen LogP contribution >= 0.6 is 12.4 Å². The number of rotatable bonds is 3. The zero-order chi connectivity index (χ0) is 14.7. The molecule has 122 valence electrons. The molecule has 0 aromatic heterocycles. The Morgan fingerprint density at radius 2 is 1.82 bits per heavy atom. The molecule has 0 unspecified atom stereocenters. The van der Waals surface area contributed by atoms with Crippen molar-refractivity contribution in [2.24, 2.45) is 5.73 Å². The predicted molar refractivity (Wildman–Crippen MR) is 87.0 cm³/mol. The van der Waals surface area contributed by atoms with Crippen molar-refractivity contribution < 1.29 is 14.3 Å². The Morgan fingerprint density at radius 3 is 2.55 bits per heavy atom. The molecule has 1 aromatic carbocycles. The average Bonchev–Trinajstić information content (AvgIpc) is 2.53. The van der Waals surface area contributed by atoms with E-state index in [1.54, 1.807) is 18.2 Å². The van der Waals surface area contributed by atoms with Gasteiger partial charge in [0.05, 0.1) is 0 Å². The monoisotopic (exact) mass is 326 g/mol. The van der Waals surface area contributed by atoms with Gasteiger partial charge in [-0.15, -0.1) is 12.4 Å². The van der Waals surface area contributed by atoms with E-state index in [1.807, 2.05) is 0 Å². The lowest BCUT2D eigenvalue weighted by Crippen LogP contribution is -2.51. The summed E-state index contributed by atoms with van der Waals surface area (Å²) in [7, 11) is 0. The van der Waals surface area contributed by atoms with E-state index < -0.39 is 0 Å². The minimum atomic E-state index is -0.248. The lowest BCUT2D eigenvalue weighted by molar-refractivity contribution is 0.0936. The van der Waals surface area contributed by atoms with Gasteiger partial charge >= 0.3 is 0 Å². The summed E-state index contributed by atoms with van der Waals surface area (Å²) < 4.78 is 11.0. The fourth-order valence-electron chi connectivity index (χ4n) is 2.98. The Morgan fingerprint density at radius 1 is 1.14 bits per heavy atom. The zero-order valence-electron chi connectivity index (χ0n) is 12.6. The first-order valence-electron chi connectivity index (χ1n) is 7.63. The highest BCUT2D eigenvalue weighted by Gasteiger charge is 2.28. The van der Waals surface area contributed by atoms with Gasteiger partial charge in [-0.05, 0) is 31.0 Å². The summed E-state index contributed by atoms with van der Waals surface area (Å²) in [6.07, 6.45) is 5.50. The Hall–Kier alpha value is -1.46. The van der Waals surface area contributed by atoms with Crippen LogP contribution in [0.5, 0.6) is 11.5 Å². The molecule has 1 aromatic rings. The molecular formula is C16H23ClN2O3. The van der Waals surface area contributed by atoms with Crippen LogP contribution in [0.4, 0.5) is 0 Å². The van der Waals surface area contributed by atoms with Crippen molar-refractivity contribution >= 4 is 18.3 Å². The third-order valence-corrected chi connectivity index (χ3v) is 4.25. The molecule has 0 saturated heterocycles. The molecule has 6 heteroatoms. The van der Waals surface area contributed by atoms with Crippen molar-refractivity contribution in [2.75, 3.05) is 19.8 Å². The average molecular weight is 327 g/mol. The third kappa shape index (κ3) is 3.84. The van der Waals surface area contributed by atoms with Crippen LogP contribution in [0.25, 0.3) is 0 Å². The van der Waals surface area contributed by atoms with Crippen molar-refractivity contribution in [3.8, 4) is 11.5 Å². The number of hydrogen-bond donors (Lipinski definition) is 2. The van der Waals surface area contributed by atoms with Gasteiger partial charge in [0.2, 0.25) is 0 Å². The lowest BCUT2D eigenvalue weighted by atomic mass is 9.82. The van der Waals surface area contributed by atoms with Gasteiger partial charge in [-0.3, -0.25) is 4.79 Å². The second-order valence-corrected chi connectivity index (χ2v) is 5.96. The molecule has 22 heavy (non-hydrogen) atoms. The zero-order valence-corrected chi connectivity index (χ0v) is 13.4. The van der Waals surface area contributed by atoms with Crippen molar-refractivity contribution in [1.29, 1.82) is 0 Å². The van der Waals surface area contributed by atoms with E-state index in [2.05, 4.69) is 5.32 Å². The molecule has 0 bridgehead atoms. The second-order valence-electron chi connectivity index (χ2n) is 5.96. The molecule has 1 aliphatic heterocycles. The summed E-state index contributed by atoms with van der Waals surface area (Å²) in [6, 6.07) is 5.27. The van der Waals surface area contributed by atoms with Crippen LogP contribution in [0.15, 0.2) is 18.2 Å². The highest BCUT2D eigenvalue weighted by Crippen LogP contribution is 2.31. The first-order valence-corrected chi connectivity index (χ1v) is 7.63. The maximum absolute atomic E-state index is 12.3. The molecule has 3 N–H and O–H groups in total. The fourth-order valence-corrected chi connectivity index (χ4v) is 2.98. The molecule has 0 atom stereocenters. The summed E-state index contributed by atoms with van der Waals surface area (Å²) in [5.74, 6) is 1.22. The summed E-state index contributed by atoms with van der Waals surface area (Å²) in [6.45, 7) is 1.60. The summed E-state index contributed by atoms with van der Waals surface area (Å²) in [4.78, 5) is 12.3. The third-order valence-electron chi connectivity index (χ3n) is 4.25. The quantitative estimate of drug-likeness (QED) is 0.893. The standard InChI is InChI=1S/C16H22N2O3.ClH/c17-16(6-2-1-3-7-16)11-18-15(19)12-4-5-13-14(10-12)21-9-8-20-13;/h4-5,10H,1-3,6-9,11,17H2,(H,18,19);1H. The van der Waals surface area contributed by atoms with Crippen molar-refractivity contribution in [3.63, 3.8) is 0 Å². The number of ether oxygens (including phenoxy) is 2. The van der Waals surface area contributed by atoms with Crippen LogP contribution < -0.4 is 20.5 Å². The number of fused-ring (bicyclic) bond motifs is 1. The number of carbonyl (C=O) groups is 1. The van der Waals surface area contributed by atoms with Crippen LogP contribution in [0.3, 0.4) is 0 Å². The minimum Gasteiger partial charge on any atom is -0.486 e. The van der Waals surface area contributed by atoms with Crippen LogP contribution in [-0.2, 0) is 0 Å². The van der Waals surface area contributed by atoms with E-state index >= 15 is 0 Å². The first-order chi connectivity index (χ1) is 10.2. The predicted octanol–water partition coefficient (Wildman–Crippen LogP) is 2.27. The van der Waals surface area contributed by atoms with E-state index in [0.717, 1.165) is 25.7 Å². The number of halogens is 1. The number of amides is 1. The largest absolute Gasteiger partial charge is 0.486 e. The van der Waals surface area contributed by atoms with Gasteiger partial charge in [0, 0.05) is 17.6 Å². The van der Waals surface area contributed by atoms with Gasteiger partial charge in [-0.2, -0.15) is 0 Å². The number of nitrogens with one attached hydrogen (secondary N) is 1. The number of nitrogens with two attached hydrogens (primary N) is 1. The fraction of sp³-hybridized carbons (Fsp3) is 0.562. The van der Waals surface area contributed by atoms with E-state index in [0.29, 0.717) is 36.8 Å². The van der Waals surface area contributed by atoms with Crippen molar-refractivity contribution in [3.05, 3.63) is 23.8 Å². The topological polar surface area (TPSA) is 73.6 Å². The van der Waals surface area contributed by atoms with E-state index in [-0.39, 0.29) is 23.9 Å². The van der Waals surface area contributed by atoms with Gasteiger partial charge in [0.25, 0.3) is 5.91 Å². The minimum absolute atomic E-state index is 0. The van der Waals surface area contributed by atoms with E-state index in [1.165, 1.54) is 6.42 Å². The summed E-state index contributed by atoms with van der Waals surface area (Å²) >= 11 is 0. The molecule has 1 saturated carbocycles. The van der Waals surface area contributed by atoms with Gasteiger partial charge in [0.15, 0.2) is 11.5 Å². The summed E-state index contributed by atoms with van der Waals surface area (Å²) in [5, 5.41) is 2.96. The van der Waals surface area contributed by atoms with Gasteiger partial charge < -0.3 is 20.5 Å². The Labute approximate surface area is 137 Å². The maximum atomic E-state index is 12.3. The number of hydrogen-bond acceptors (Lipinski definition) is 4. The summed E-state index contributed by atoms with van der Waals surface area (Å²) in [5.41, 5.74) is 6.67. The molecule has 1 fully saturated rings. The molecule has 5 nitrogen and oxygen atoms in total. The number of benzene rings is 1. The normalized spacial score (nSPS) is 19.0. The van der Waals surface area contributed by atoms with E-state index in [4.69, 9.17) is 15.2 Å². The van der Waals surface area contributed by atoms with Gasteiger partial charge in [0.1, 0.15) is 13.2 Å². The molecular weight excluding hydrogens is 304 g/mol. The molecule has 2 aliphatic rings. The molecule has 0 radical (unpaired) electrons. The maximum Gasteiger partial charge on any atom is 0.251 e. The Bertz CT molecular complexity index is 530. The Kier molecular flexibility index (Phi) is 5.53. The highest BCUT2D eigenvalue weighted by atomic mass is 35.5. The second kappa shape index (κ2) is 7.20. The molecule has 1 heterocycles.